The maximum Gasteiger partial charge on any atom is 0.270 e. The number of benzene rings is 1. The molecule has 0 bridgehead atoms. The van der Waals surface area contributed by atoms with E-state index in [4.69, 9.17) is 0 Å². The highest BCUT2D eigenvalue weighted by molar-refractivity contribution is 6.01. The average Bonchev–Trinajstić information content (AvgIpc) is 3.04. The van der Waals surface area contributed by atoms with Gasteiger partial charge >= 0.3 is 0 Å². The zero-order chi connectivity index (χ0) is 19.7. The fourth-order valence-electron chi connectivity index (χ4n) is 3.05. The Kier molecular flexibility index (Phi) is 4.49. The van der Waals surface area contributed by atoms with Crippen LogP contribution >= 0.6 is 0 Å². The summed E-state index contributed by atoms with van der Waals surface area (Å²) in [6.07, 6.45) is 3.44. The summed E-state index contributed by atoms with van der Waals surface area (Å²) in [4.78, 5) is 30.3. The highest BCUT2D eigenvalue weighted by Crippen LogP contribution is 2.27. The molecule has 3 heterocycles. The predicted molar refractivity (Wildman–Crippen MR) is 110 cm³/mol. The van der Waals surface area contributed by atoms with Gasteiger partial charge in [-0.25, -0.2) is 9.97 Å². The van der Waals surface area contributed by atoms with Crippen LogP contribution in [0.3, 0.4) is 0 Å². The number of anilines is 2. The maximum absolute atomic E-state index is 12.3. The van der Waals surface area contributed by atoms with Gasteiger partial charge in [0.25, 0.3) is 5.91 Å². The van der Waals surface area contributed by atoms with Crippen molar-refractivity contribution >= 4 is 28.4 Å². The number of aryl methyl sites for hydroxylation is 1. The summed E-state index contributed by atoms with van der Waals surface area (Å²) in [5, 5.41) is 4.22. The minimum Gasteiger partial charge on any atom is -0.350 e. The first-order chi connectivity index (χ1) is 13.5. The Hall–Kier alpha value is -3.74. The van der Waals surface area contributed by atoms with Crippen molar-refractivity contribution in [2.75, 3.05) is 19.4 Å². The van der Waals surface area contributed by atoms with Crippen LogP contribution in [-0.2, 0) is 0 Å². The van der Waals surface area contributed by atoms with Gasteiger partial charge in [0.15, 0.2) is 0 Å². The van der Waals surface area contributed by atoms with Gasteiger partial charge in [-0.2, -0.15) is 0 Å². The molecule has 28 heavy (non-hydrogen) atoms. The van der Waals surface area contributed by atoms with Crippen molar-refractivity contribution in [2.24, 2.45) is 0 Å². The topological polar surface area (TPSA) is 86.8 Å². The molecular weight excluding hydrogens is 352 g/mol. The fraction of sp³-hybridized carbons (Fsp3) is 0.143. The van der Waals surface area contributed by atoms with Gasteiger partial charge in [0, 0.05) is 43.1 Å². The minimum atomic E-state index is -0.0467. The number of nitrogens with one attached hydrogen (secondary N) is 2. The van der Waals surface area contributed by atoms with E-state index in [-0.39, 0.29) is 5.91 Å². The number of H-pyrrole nitrogens is 1. The van der Waals surface area contributed by atoms with Gasteiger partial charge in [-0.1, -0.05) is 6.07 Å². The molecule has 3 aromatic heterocycles. The van der Waals surface area contributed by atoms with Crippen molar-refractivity contribution in [3.05, 3.63) is 66.1 Å². The van der Waals surface area contributed by atoms with Crippen molar-refractivity contribution in [3.8, 4) is 11.4 Å². The van der Waals surface area contributed by atoms with Crippen LogP contribution in [0, 0.1) is 6.92 Å². The van der Waals surface area contributed by atoms with Crippen LogP contribution in [0.2, 0.25) is 0 Å². The molecular formula is C21H20N6O. The molecule has 2 N–H and O–H groups in total. The summed E-state index contributed by atoms with van der Waals surface area (Å²) in [5.74, 6) is 0.440. The molecule has 0 atom stereocenters. The average molecular weight is 372 g/mol. The van der Waals surface area contributed by atoms with Crippen LogP contribution in [0.5, 0.6) is 0 Å². The number of pyridine rings is 1. The van der Waals surface area contributed by atoms with Gasteiger partial charge < -0.3 is 15.2 Å². The zero-order valence-electron chi connectivity index (χ0n) is 15.9. The van der Waals surface area contributed by atoms with E-state index in [1.165, 1.54) is 0 Å². The summed E-state index contributed by atoms with van der Waals surface area (Å²) in [6, 6.07) is 13.4. The second-order valence-corrected chi connectivity index (χ2v) is 6.69. The molecule has 0 saturated heterocycles. The van der Waals surface area contributed by atoms with Gasteiger partial charge in [-0.3, -0.25) is 9.78 Å². The highest BCUT2D eigenvalue weighted by Gasteiger charge is 2.16. The van der Waals surface area contributed by atoms with E-state index in [9.17, 15) is 4.79 Å². The smallest absolute Gasteiger partial charge is 0.270 e. The van der Waals surface area contributed by atoms with Gasteiger partial charge in [0.05, 0.1) is 11.4 Å². The largest absolute Gasteiger partial charge is 0.350 e. The summed E-state index contributed by atoms with van der Waals surface area (Å²) in [5.41, 5.74) is 4.81. The molecule has 140 valence electrons. The molecule has 1 aromatic carbocycles. The molecule has 0 fully saturated rings. The van der Waals surface area contributed by atoms with E-state index in [0.29, 0.717) is 11.6 Å². The van der Waals surface area contributed by atoms with Crippen LogP contribution in [0.1, 0.15) is 16.1 Å². The molecule has 0 unspecified atom stereocenters. The van der Waals surface area contributed by atoms with Crippen LogP contribution < -0.4 is 5.32 Å². The number of fused-ring (bicyclic) bond motifs is 1. The first-order valence-electron chi connectivity index (χ1n) is 8.88. The number of nitrogens with zero attached hydrogens (tertiary/aromatic N) is 4. The summed E-state index contributed by atoms with van der Waals surface area (Å²) < 4.78 is 0. The molecule has 0 radical (unpaired) electrons. The lowest BCUT2D eigenvalue weighted by Crippen LogP contribution is -2.22. The summed E-state index contributed by atoms with van der Waals surface area (Å²) >= 11 is 0. The van der Waals surface area contributed by atoms with Crippen LogP contribution in [0.4, 0.5) is 11.6 Å². The Morgan fingerprint density at radius 2 is 1.89 bits per heavy atom. The third kappa shape index (κ3) is 3.29. The second kappa shape index (κ2) is 7.11. The van der Waals surface area contributed by atoms with E-state index in [0.717, 1.165) is 33.5 Å². The summed E-state index contributed by atoms with van der Waals surface area (Å²) in [7, 11) is 3.48. The van der Waals surface area contributed by atoms with Crippen molar-refractivity contribution in [1.82, 2.24) is 24.8 Å². The highest BCUT2D eigenvalue weighted by atomic mass is 16.2. The molecule has 1 amide bonds. The Balaban J connectivity index is 1.65. The van der Waals surface area contributed by atoms with E-state index in [2.05, 4.69) is 25.3 Å². The van der Waals surface area contributed by atoms with Crippen molar-refractivity contribution in [2.45, 2.75) is 6.92 Å². The molecule has 0 aliphatic rings. The van der Waals surface area contributed by atoms with Crippen LogP contribution in [-0.4, -0.2) is 44.8 Å². The third-order valence-corrected chi connectivity index (χ3v) is 4.52. The van der Waals surface area contributed by atoms with Crippen molar-refractivity contribution < 1.29 is 4.79 Å². The molecule has 7 heteroatoms. The lowest BCUT2D eigenvalue weighted by atomic mass is 10.1. The van der Waals surface area contributed by atoms with E-state index in [1.807, 2.05) is 49.4 Å². The quantitative estimate of drug-likeness (QED) is 0.569. The van der Waals surface area contributed by atoms with Gasteiger partial charge in [0.1, 0.15) is 5.69 Å². The molecule has 0 aliphatic heterocycles. The molecule has 0 spiro atoms. The molecule has 7 nitrogen and oxygen atoms in total. The number of amides is 1. The maximum atomic E-state index is 12.3. The van der Waals surface area contributed by atoms with E-state index in [1.54, 1.807) is 31.4 Å². The SMILES string of the molecule is Cc1c(C(=O)N(C)C)[nH]c2ccc(Nc3nccc(-c4ccccn4)n3)cc12. The third-order valence-electron chi connectivity index (χ3n) is 4.52. The Labute approximate surface area is 162 Å². The Bertz CT molecular complexity index is 1150. The van der Waals surface area contributed by atoms with Gasteiger partial charge in [-0.05, 0) is 48.9 Å². The van der Waals surface area contributed by atoms with Crippen LogP contribution in [0.25, 0.3) is 22.3 Å². The van der Waals surface area contributed by atoms with Gasteiger partial charge in [-0.15, -0.1) is 0 Å². The number of hydrogen-bond donors (Lipinski definition) is 2. The number of rotatable bonds is 4. The second-order valence-electron chi connectivity index (χ2n) is 6.69. The first-order valence-corrected chi connectivity index (χ1v) is 8.88. The lowest BCUT2D eigenvalue weighted by molar-refractivity contribution is 0.0822. The van der Waals surface area contributed by atoms with E-state index < -0.39 is 0 Å². The number of carbonyl (C=O) groups is 1. The molecule has 0 saturated carbocycles. The zero-order valence-corrected chi connectivity index (χ0v) is 15.9. The van der Waals surface area contributed by atoms with Crippen molar-refractivity contribution in [1.29, 1.82) is 0 Å². The Morgan fingerprint density at radius 1 is 1.04 bits per heavy atom. The van der Waals surface area contributed by atoms with Gasteiger partial charge in [0.2, 0.25) is 5.95 Å². The predicted octanol–water partition coefficient (Wildman–Crippen LogP) is 3.77. The standard InChI is InChI=1S/C21H20N6O/c1-13-15-12-14(7-8-16(15)25-19(13)20(28)27(2)3)24-21-23-11-9-18(26-21)17-6-4-5-10-22-17/h4-12,25H,1-3H3,(H,23,24,26). The van der Waals surface area contributed by atoms with E-state index >= 15 is 0 Å². The lowest BCUT2D eigenvalue weighted by Gasteiger charge is -2.09. The Morgan fingerprint density at radius 3 is 2.64 bits per heavy atom. The normalized spacial score (nSPS) is 10.8. The van der Waals surface area contributed by atoms with Crippen molar-refractivity contribution in [3.63, 3.8) is 0 Å². The fourth-order valence-corrected chi connectivity index (χ4v) is 3.05. The monoisotopic (exact) mass is 372 g/mol. The number of hydrogen-bond acceptors (Lipinski definition) is 5. The minimum absolute atomic E-state index is 0.0467. The summed E-state index contributed by atoms with van der Waals surface area (Å²) in [6.45, 7) is 1.94. The number of aromatic amines is 1. The number of aromatic nitrogens is 4. The first kappa shape index (κ1) is 17.7. The number of carbonyl (C=O) groups excluding carboxylic acids is 1. The van der Waals surface area contributed by atoms with Crippen LogP contribution in [0.15, 0.2) is 54.9 Å². The molecule has 0 aliphatic carbocycles. The molecule has 4 rings (SSSR count). The molecule has 4 aromatic rings.